The van der Waals surface area contributed by atoms with Gasteiger partial charge in [0.1, 0.15) is 6.04 Å². The quantitative estimate of drug-likeness (QED) is 0.894. The zero-order chi connectivity index (χ0) is 18.9. The Kier molecular flexibility index (Phi) is 5.16. The largest absolute Gasteiger partial charge is 0.325 e. The van der Waals surface area contributed by atoms with Crippen LogP contribution in [0.3, 0.4) is 0 Å². The number of benzene rings is 2. The normalized spacial score (nSPS) is 18.0. The van der Waals surface area contributed by atoms with Gasteiger partial charge in [0.05, 0.1) is 4.90 Å². The van der Waals surface area contributed by atoms with Gasteiger partial charge in [-0.2, -0.15) is 4.31 Å². The van der Waals surface area contributed by atoms with Crippen molar-refractivity contribution >= 4 is 21.6 Å². The van der Waals surface area contributed by atoms with Crippen molar-refractivity contribution in [1.82, 2.24) is 4.31 Å². The molecule has 1 aliphatic heterocycles. The van der Waals surface area contributed by atoms with Gasteiger partial charge in [-0.05, 0) is 69.0 Å². The van der Waals surface area contributed by atoms with Gasteiger partial charge in [-0.3, -0.25) is 4.79 Å². The average Bonchev–Trinajstić information content (AvgIpc) is 3.05. The van der Waals surface area contributed by atoms with E-state index in [9.17, 15) is 13.2 Å². The molecule has 0 aliphatic carbocycles. The topological polar surface area (TPSA) is 66.5 Å². The predicted molar refractivity (Wildman–Crippen MR) is 103 cm³/mol. The van der Waals surface area contributed by atoms with Crippen LogP contribution in [-0.2, 0) is 14.8 Å². The van der Waals surface area contributed by atoms with Crippen LogP contribution in [0.2, 0.25) is 0 Å². The second-order valence-corrected chi connectivity index (χ2v) is 8.84. The Labute approximate surface area is 155 Å². The molecule has 2 aromatic rings. The summed E-state index contributed by atoms with van der Waals surface area (Å²) >= 11 is 0. The summed E-state index contributed by atoms with van der Waals surface area (Å²) in [4.78, 5) is 13.0. The third-order valence-corrected chi connectivity index (χ3v) is 6.55. The van der Waals surface area contributed by atoms with Crippen molar-refractivity contribution in [3.63, 3.8) is 0 Å². The SMILES string of the molecule is Cc1ccc(S(=O)(=O)N2CCC[C@@H]2C(=O)Nc2cc(C)cc(C)c2)cc1. The monoisotopic (exact) mass is 372 g/mol. The predicted octanol–water partition coefficient (Wildman–Crippen LogP) is 3.40. The minimum absolute atomic E-state index is 0.231. The van der Waals surface area contributed by atoms with Crippen LogP contribution in [-0.4, -0.2) is 31.2 Å². The number of anilines is 1. The number of amides is 1. The second kappa shape index (κ2) is 7.21. The van der Waals surface area contributed by atoms with E-state index in [1.54, 1.807) is 24.3 Å². The fourth-order valence-corrected chi connectivity index (χ4v) is 5.06. The Morgan fingerprint density at radius 1 is 1.00 bits per heavy atom. The first kappa shape index (κ1) is 18.6. The first-order valence-electron chi connectivity index (χ1n) is 8.75. The Morgan fingerprint density at radius 2 is 1.62 bits per heavy atom. The molecule has 3 rings (SSSR count). The smallest absolute Gasteiger partial charge is 0.243 e. The molecule has 0 unspecified atom stereocenters. The molecule has 1 amide bonds. The Bertz CT molecular complexity index is 900. The molecule has 1 aliphatic rings. The molecule has 0 spiro atoms. The zero-order valence-electron chi connectivity index (χ0n) is 15.3. The summed E-state index contributed by atoms with van der Waals surface area (Å²) in [6.45, 7) is 6.20. The summed E-state index contributed by atoms with van der Waals surface area (Å²) in [5.41, 5.74) is 3.80. The first-order chi connectivity index (χ1) is 12.3. The Balaban J connectivity index is 1.83. The van der Waals surface area contributed by atoms with Crippen LogP contribution >= 0.6 is 0 Å². The van der Waals surface area contributed by atoms with Crippen LogP contribution in [0.25, 0.3) is 0 Å². The third-order valence-electron chi connectivity index (χ3n) is 4.62. The van der Waals surface area contributed by atoms with E-state index in [2.05, 4.69) is 5.32 Å². The number of sulfonamides is 1. The molecule has 2 aromatic carbocycles. The van der Waals surface area contributed by atoms with E-state index in [4.69, 9.17) is 0 Å². The van der Waals surface area contributed by atoms with Crippen molar-refractivity contribution in [2.75, 3.05) is 11.9 Å². The number of nitrogens with zero attached hydrogens (tertiary/aromatic N) is 1. The van der Waals surface area contributed by atoms with Crippen LogP contribution in [0.1, 0.15) is 29.5 Å². The van der Waals surface area contributed by atoms with E-state index < -0.39 is 16.1 Å². The highest BCUT2D eigenvalue weighted by molar-refractivity contribution is 7.89. The molecule has 138 valence electrons. The van der Waals surface area contributed by atoms with Gasteiger partial charge >= 0.3 is 0 Å². The number of hydrogen-bond donors (Lipinski definition) is 1. The lowest BCUT2D eigenvalue weighted by molar-refractivity contribution is -0.119. The van der Waals surface area contributed by atoms with Gasteiger partial charge in [0.25, 0.3) is 0 Å². The number of nitrogens with one attached hydrogen (secondary N) is 1. The van der Waals surface area contributed by atoms with Gasteiger partial charge in [-0.15, -0.1) is 0 Å². The summed E-state index contributed by atoms with van der Waals surface area (Å²) in [5.74, 6) is -0.275. The highest BCUT2D eigenvalue weighted by atomic mass is 32.2. The van der Waals surface area contributed by atoms with Crippen molar-refractivity contribution in [3.05, 3.63) is 59.2 Å². The standard InChI is InChI=1S/C20H24N2O3S/c1-14-6-8-18(9-7-14)26(24,25)22-10-4-5-19(22)20(23)21-17-12-15(2)11-16(3)13-17/h6-9,11-13,19H,4-5,10H2,1-3H3,(H,21,23)/t19-/m1/s1. The second-order valence-electron chi connectivity index (χ2n) is 6.95. The van der Waals surface area contributed by atoms with Crippen LogP contribution in [0.15, 0.2) is 47.4 Å². The van der Waals surface area contributed by atoms with Gasteiger partial charge in [-0.1, -0.05) is 23.8 Å². The van der Waals surface area contributed by atoms with Crippen molar-refractivity contribution in [2.45, 2.75) is 44.6 Å². The number of rotatable bonds is 4. The molecule has 6 heteroatoms. The summed E-state index contributed by atoms with van der Waals surface area (Å²) < 4.78 is 27.3. The number of aryl methyl sites for hydroxylation is 3. The highest BCUT2D eigenvalue weighted by Gasteiger charge is 2.39. The molecule has 5 nitrogen and oxygen atoms in total. The van der Waals surface area contributed by atoms with Crippen molar-refractivity contribution in [3.8, 4) is 0 Å². The van der Waals surface area contributed by atoms with E-state index in [-0.39, 0.29) is 10.8 Å². The molecule has 0 saturated carbocycles. The summed E-state index contributed by atoms with van der Waals surface area (Å²) in [7, 11) is -3.69. The molecule has 0 radical (unpaired) electrons. The lowest BCUT2D eigenvalue weighted by atomic mass is 10.1. The fourth-order valence-electron chi connectivity index (χ4n) is 3.41. The van der Waals surface area contributed by atoms with Crippen molar-refractivity contribution in [1.29, 1.82) is 0 Å². The van der Waals surface area contributed by atoms with Gasteiger partial charge < -0.3 is 5.32 Å². The minimum Gasteiger partial charge on any atom is -0.325 e. The molecule has 26 heavy (non-hydrogen) atoms. The van der Waals surface area contributed by atoms with Crippen LogP contribution in [0.4, 0.5) is 5.69 Å². The van der Waals surface area contributed by atoms with E-state index >= 15 is 0 Å². The van der Waals surface area contributed by atoms with Crippen molar-refractivity contribution < 1.29 is 13.2 Å². The molecular formula is C20H24N2O3S. The summed E-state index contributed by atoms with van der Waals surface area (Å²) in [5, 5.41) is 2.88. The number of hydrogen-bond acceptors (Lipinski definition) is 3. The summed E-state index contributed by atoms with van der Waals surface area (Å²) in [6, 6.07) is 11.9. The van der Waals surface area contributed by atoms with Crippen LogP contribution in [0, 0.1) is 20.8 Å². The lowest BCUT2D eigenvalue weighted by Crippen LogP contribution is -2.43. The van der Waals surface area contributed by atoms with Crippen LogP contribution < -0.4 is 5.32 Å². The molecule has 1 N–H and O–H groups in total. The maximum absolute atomic E-state index is 13.0. The molecule has 1 fully saturated rings. The van der Waals surface area contributed by atoms with Gasteiger partial charge in [0.2, 0.25) is 15.9 Å². The number of carbonyl (C=O) groups excluding carboxylic acids is 1. The molecule has 1 atom stereocenters. The lowest BCUT2D eigenvalue weighted by Gasteiger charge is -2.23. The maximum atomic E-state index is 13.0. The van der Waals surface area contributed by atoms with E-state index in [1.807, 2.05) is 39.0 Å². The average molecular weight is 372 g/mol. The van der Waals surface area contributed by atoms with Gasteiger partial charge in [-0.25, -0.2) is 8.42 Å². The van der Waals surface area contributed by atoms with E-state index in [0.717, 1.165) is 16.7 Å². The molecule has 0 aromatic heterocycles. The van der Waals surface area contributed by atoms with Gasteiger partial charge in [0, 0.05) is 12.2 Å². The first-order valence-corrected chi connectivity index (χ1v) is 10.2. The van der Waals surface area contributed by atoms with E-state index in [0.29, 0.717) is 25.1 Å². The van der Waals surface area contributed by atoms with Crippen LogP contribution in [0.5, 0.6) is 0 Å². The molecule has 1 heterocycles. The minimum atomic E-state index is -3.69. The molecular weight excluding hydrogens is 348 g/mol. The maximum Gasteiger partial charge on any atom is 0.243 e. The van der Waals surface area contributed by atoms with E-state index in [1.165, 1.54) is 4.31 Å². The Morgan fingerprint density at radius 3 is 2.23 bits per heavy atom. The zero-order valence-corrected chi connectivity index (χ0v) is 16.1. The molecule has 0 bridgehead atoms. The van der Waals surface area contributed by atoms with Crippen molar-refractivity contribution in [2.24, 2.45) is 0 Å². The molecule has 1 saturated heterocycles. The summed E-state index contributed by atoms with van der Waals surface area (Å²) in [6.07, 6.45) is 1.21. The third kappa shape index (κ3) is 3.81. The number of carbonyl (C=O) groups is 1. The highest BCUT2D eigenvalue weighted by Crippen LogP contribution is 2.27. The van der Waals surface area contributed by atoms with Gasteiger partial charge in [0.15, 0.2) is 0 Å². The Hall–Kier alpha value is -2.18. The fraction of sp³-hybridized carbons (Fsp3) is 0.350.